The van der Waals surface area contributed by atoms with Gasteiger partial charge in [0.15, 0.2) is 5.96 Å². The molecule has 1 aromatic rings. The highest BCUT2D eigenvalue weighted by molar-refractivity contribution is 5.92. The quantitative estimate of drug-likeness (QED) is 0.572. The molecule has 3 N–H and O–H groups in total. The summed E-state index contributed by atoms with van der Waals surface area (Å²) in [7, 11) is 0. The van der Waals surface area contributed by atoms with E-state index in [1.807, 2.05) is 38.1 Å². The van der Waals surface area contributed by atoms with E-state index in [0.29, 0.717) is 18.5 Å². The lowest BCUT2D eigenvalue weighted by molar-refractivity contribution is 0.237. The van der Waals surface area contributed by atoms with Crippen LogP contribution in [0.1, 0.15) is 34.6 Å². The van der Waals surface area contributed by atoms with Gasteiger partial charge in [-0.2, -0.15) is 0 Å². The molecule has 1 atom stereocenters. The molecule has 0 aliphatic heterocycles. The number of nitrogens with one attached hydrogen (secondary N) is 1. The van der Waals surface area contributed by atoms with Crippen LogP contribution in [0.4, 0.5) is 5.69 Å². The zero-order valence-corrected chi connectivity index (χ0v) is 14.5. The summed E-state index contributed by atoms with van der Waals surface area (Å²) < 4.78 is 5.61. The van der Waals surface area contributed by atoms with E-state index in [2.05, 4.69) is 36.0 Å². The van der Waals surface area contributed by atoms with Crippen LogP contribution in [-0.4, -0.2) is 42.6 Å². The lowest BCUT2D eigenvalue weighted by Crippen LogP contribution is -2.36. The van der Waals surface area contributed by atoms with Crippen molar-refractivity contribution in [2.24, 2.45) is 10.7 Å². The fourth-order valence-corrected chi connectivity index (χ4v) is 2.27. The molecule has 1 unspecified atom stereocenters. The maximum Gasteiger partial charge on any atom is 0.193 e. The molecule has 0 aromatic heterocycles. The summed E-state index contributed by atoms with van der Waals surface area (Å²) in [5.74, 6) is 1.29. The van der Waals surface area contributed by atoms with Gasteiger partial charge in [0, 0.05) is 11.7 Å². The predicted octanol–water partition coefficient (Wildman–Crippen LogP) is 2.93. The zero-order chi connectivity index (χ0) is 16.5. The number of hydrogen-bond donors (Lipinski definition) is 2. The smallest absolute Gasteiger partial charge is 0.193 e. The average Bonchev–Trinajstić information content (AvgIpc) is 2.48. The molecular weight excluding hydrogens is 276 g/mol. The minimum absolute atomic E-state index is 0.173. The van der Waals surface area contributed by atoms with Crippen LogP contribution in [0.25, 0.3) is 0 Å². The van der Waals surface area contributed by atoms with Crippen molar-refractivity contribution < 1.29 is 4.74 Å². The van der Waals surface area contributed by atoms with Crippen LogP contribution in [0.5, 0.6) is 5.75 Å². The molecule has 0 aliphatic carbocycles. The van der Waals surface area contributed by atoms with Crippen LogP contribution in [0.3, 0.4) is 0 Å². The molecule has 1 rings (SSSR count). The summed E-state index contributed by atoms with van der Waals surface area (Å²) in [6.07, 6.45) is 0.173. The first-order valence-electron chi connectivity index (χ1n) is 8.03. The molecule has 0 fully saturated rings. The maximum absolute atomic E-state index is 5.94. The van der Waals surface area contributed by atoms with E-state index in [4.69, 9.17) is 10.5 Å². The molecule has 0 heterocycles. The highest BCUT2D eigenvalue weighted by atomic mass is 16.5. The Labute approximate surface area is 134 Å². The lowest BCUT2D eigenvalue weighted by Gasteiger charge is -2.24. The number of nitrogens with two attached hydrogens (primary N) is 1. The first kappa shape index (κ1) is 18.3. The monoisotopic (exact) mass is 306 g/mol. The summed E-state index contributed by atoms with van der Waals surface area (Å²) in [5, 5.41) is 3.11. The highest BCUT2D eigenvalue weighted by Crippen LogP contribution is 2.16. The van der Waals surface area contributed by atoms with E-state index in [0.717, 1.165) is 24.5 Å². The molecule has 22 heavy (non-hydrogen) atoms. The SMILES string of the molecule is CCN(CC)C(C)CN=C(N)Nc1ccc(OC(C)C)cc1. The number of nitrogens with zero attached hydrogens (tertiary/aromatic N) is 2. The standard InChI is InChI=1S/C17H30N4O/c1-6-21(7-2)14(5)12-19-17(18)20-15-8-10-16(11-9-15)22-13(3)4/h8-11,13-14H,6-7,12H2,1-5H3,(H3,18,19,20). The van der Waals surface area contributed by atoms with E-state index in [1.54, 1.807) is 0 Å². The van der Waals surface area contributed by atoms with Crippen LogP contribution < -0.4 is 15.8 Å². The fraction of sp³-hybridized carbons (Fsp3) is 0.588. The van der Waals surface area contributed by atoms with Gasteiger partial charge in [0.1, 0.15) is 5.75 Å². The van der Waals surface area contributed by atoms with Crippen LogP contribution in [0.15, 0.2) is 29.3 Å². The number of likely N-dealkylation sites (N-methyl/N-ethyl adjacent to an activating group) is 1. The van der Waals surface area contributed by atoms with Crippen molar-refractivity contribution in [3.05, 3.63) is 24.3 Å². The minimum Gasteiger partial charge on any atom is -0.491 e. The maximum atomic E-state index is 5.94. The number of guanidine groups is 1. The normalized spacial score (nSPS) is 13.5. The van der Waals surface area contributed by atoms with Crippen molar-refractivity contribution in [3.8, 4) is 5.75 Å². The van der Waals surface area contributed by atoms with Gasteiger partial charge in [-0.25, -0.2) is 0 Å². The average molecular weight is 306 g/mol. The molecule has 5 heteroatoms. The van der Waals surface area contributed by atoms with Crippen LogP contribution >= 0.6 is 0 Å². The van der Waals surface area contributed by atoms with E-state index < -0.39 is 0 Å². The summed E-state index contributed by atoms with van der Waals surface area (Å²) in [4.78, 5) is 6.77. The summed E-state index contributed by atoms with van der Waals surface area (Å²) >= 11 is 0. The largest absolute Gasteiger partial charge is 0.491 e. The topological polar surface area (TPSA) is 62.9 Å². The molecule has 0 saturated carbocycles. The number of benzene rings is 1. The second-order valence-electron chi connectivity index (χ2n) is 5.61. The minimum atomic E-state index is 0.173. The van der Waals surface area contributed by atoms with Crippen molar-refractivity contribution in [2.45, 2.75) is 46.8 Å². The van der Waals surface area contributed by atoms with Gasteiger partial charge in [-0.3, -0.25) is 9.89 Å². The number of rotatable bonds is 8. The van der Waals surface area contributed by atoms with Gasteiger partial charge in [-0.05, 0) is 58.1 Å². The molecule has 0 amide bonds. The van der Waals surface area contributed by atoms with Crippen molar-refractivity contribution >= 4 is 11.6 Å². The summed E-state index contributed by atoms with van der Waals surface area (Å²) in [6, 6.07) is 8.11. The fourth-order valence-electron chi connectivity index (χ4n) is 2.27. The van der Waals surface area contributed by atoms with Gasteiger partial charge in [0.2, 0.25) is 0 Å². The first-order valence-corrected chi connectivity index (χ1v) is 8.03. The van der Waals surface area contributed by atoms with Gasteiger partial charge in [0.25, 0.3) is 0 Å². The van der Waals surface area contributed by atoms with Gasteiger partial charge in [-0.1, -0.05) is 13.8 Å². The van der Waals surface area contributed by atoms with E-state index in [-0.39, 0.29) is 6.10 Å². The number of ether oxygens (including phenoxy) is 1. The Morgan fingerprint density at radius 1 is 1.18 bits per heavy atom. The molecule has 0 bridgehead atoms. The van der Waals surface area contributed by atoms with Gasteiger partial charge in [0.05, 0.1) is 12.6 Å². The molecule has 124 valence electrons. The summed E-state index contributed by atoms with van der Waals surface area (Å²) in [6.45, 7) is 13.2. The second-order valence-corrected chi connectivity index (χ2v) is 5.61. The lowest BCUT2D eigenvalue weighted by atomic mass is 10.3. The van der Waals surface area contributed by atoms with Crippen LogP contribution in [0.2, 0.25) is 0 Å². The Kier molecular flexibility index (Phi) is 7.74. The van der Waals surface area contributed by atoms with E-state index >= 15 is 0 Å². The first-order chi connectivity index (χ1) is 10.5. The van der Waals surface area contributed by atoms with Crippen molar-refractivity contribution in [1.29, 1.82) is 0 Å². The van der Waals surface area contributed by atoms with E-state index in [1.165, 1.54) is 0 Å². The Hall–Kier alpha value is -1.75. The molecule has 1 aromatic carbocycles. The Morgan fingerprint density at radius 2 is 1.77 bits per heavy atom. The third kappa shape index (κ3) is 6.35. The Balaban J connectivity index is 2.53. The number of anilines is 1. The predicted molar refractivity (Wildman–Crippen MR) is 94.7 cm³/mol. The van der Waals surface area contributed by atoms with Crippen molar-refractivity contribution in [1.82, 2.24) is 4.90 Å². The molecular formula is C17H30N4O. The molecule has 5 nitrogen and oxygen atoms in total. The highest BCUT2D eigenvalue weighted by Gasteiger charge is 2.09. The second kappa shape index (κ2) is 9.30. The molecule has 0 radical (unpaired) electrons. The Morgan fingerprint density at radius 3 is 2.27 bits per heavy atom. The van der Waals surface area contributed by atoms with Crippen LogP contribution in [0, 0.1) is 0 Å². The van der Waals surface area contributed by atoms with Gasteiger partial charge < -0.3 is 15.8 Å². The molecule has 0 spiro atoms. The van der Waals surface area contributed by atoms with Crippen LogP contribution in [-0.2, 0) is 0 Å². The zero-order valence-electron chi connectivity index (χ0n) is 14.5. The molecule has 0 aliphatic rings. The third-order valence-electron chi connectivity index (χ3n) is 3.46. The Bertz CT molecular complexity index is 452. The number of aliphatic imine (C=N–C) groups is 1. The summed E-state index contributed by atoms with van der Waals surface area (Å²) in [5.41, 5.74) is 6.86. The van der Waals surface area contributed by atoms with Crippen molar-refractivity contribution in [3.63, 3.8) is 0 Å². The number of hydrogen-bond acceptors (Lipinski definition) is 3. The van der Waals surface area contributed by atoms with Gasteiger partial charge in [-0.15, -0.1) is 0 Å². The van der Waals surface area contributed by atoms with Gasteiger partial charge >= 0.3 is 0 Å². The third-order valence-corrected chi connectivity index (χ3v) is 3.46. The van der Waals surface area contributed by atoms with E-state index in [9.17, 15) is 0 Å². The van der Waals surface area contributed by atoms with Crippen molar-refractivity contribution in [2.75, 3.05) is 25.0 Å². The molecule has 0 saturated heterocycles.